The molecule has 9 heteroatoms. The Hall–Kier alpha value is -2.55. The number of methoxy groups -OCH3 is 1. The Bertz CT molecular complexity index is 956. The third-order valence-electron chi connectivity index (χ3n) is 4.02. The van der Waals surface area contributed by atoms with Crippen LogP contribution in [0.4, 0.5) is 13.2 Å². The summed E-state index contributed by atoms with van der Waals surface area (Å²) in [5, 5.41) is 3.67. The summed E-state index contributed by atoms with van der Waals surface area (Å²) < 4.78 is 53.1. The van der Waals surface area contributed by atoms with Crippen LogP contribution in [0.2, 0.25) is 0 Å². The predicted octanol–water partition coefficient (Wildman–Crippen LogP) is 5.33. The van der Waals surface area contributed by atoms with E-state index in [0.717, 1.165) is 5.56 Å². The molecular weight excluding hydrogens is 439 g/mol. The molecule has 0 bridgehead atoms. The molecule has 0 N–H and O–H groups in total. The molecule has 0 aliphatic carbocycles. The molecule has 0 spiro atoms. The van der Waals surface area contributed by atoms with Crippen LogP contribution < -0.4 is 9.47 Å². The topological polar surface area (TPSA) is 49.2 Å². The monoisotopic (exact) mass is 455 g/mol. The average molecular weight is 456 g/mol. The maximum atomic E-state index is 13.5. The number of alkyl halides is 3. The number of nitrogens with zero attached hydrogens (tertiary/aromatic N) is 3. The quantitative estimate of drug-likeness (QED) is 0.503. The molecule has 148 valence electrons. The molecule has 3 aromatic rings. The molecule has 0 aliphatic rings. The Morgan fingerprint density at radius 2 is 1.86 bits per heavy atom. The summed E-state index contributed by atoms with van der Waals surface area (Å²) in [7, 11) is 1.57. The van der Waals surface area contributed by atoms with Crippen molar-refractivity contribution in [2.24, 2.45) is 0 Å². The lowest BCUT2D eigenvalue weighted by molar-refractivity contribution is -0.141. The molecule has 0 radical (unpaired) electrons. The highest BCUT2D eigenvalue weighted by atomic mass is 79.9. The number of aryl methyl sites for hydroxylation is 1. The number of hydrogen-bond acceptors (Lipinski definition) is 4. The summed E-state index contributed by atoms with van der Waals surface area (Å²) in [5.74, 6) is 0.790. The van der Waals surface area contributed by atoms with Gasteiger partial charge in [-0.25, -0.2) is 4.98 Å². The molecule has 0 saturated carbocycles. The minimum atomic E-state index is -4.60. The number of rotatable bonds is 6. The van der Waals surface area contributed by atoms with Gasteiger partial charge in [0.05, 0.1) is 12.7 Å². The Morgan fingerprint density at radius 1 is 1.14 bits per heavy atom. The molecule has 28 heavy (non-hydrogen) atoms. The molecule has 0 aliphatic heterocycles. The SMILES string of the molecule is CCn1cc(-c2c(Br)ccnc2OCc2ccc(OC)cc2)c(C(F)(F)F)n1. The maximum absolute atomic E-state index is 13.5. The molecule has 0 fully saturated rings. The smallest absolute Gasteiger partial charge is 0.435 e. The normalized spacial score (nSPS) is 11.5. The summed E-state index contributed by atoms with van der Waals surface area (Å²) >= 11 is 3.32. The van der Waals surface area contributed by atoms with E-state index in [0.29, 0.717) is 16.8 Å². The number of pyridine rings is 1. The van der Waals surface area contributed by atoms with E-state index in [4.69, 9.17) is 9.47 Å². The van der Waals surface area contributed by atoms with Crippen molar-refractivity contribution in [2.45, 2.75) is 26.3 Å². The average Bonchev–Trinajstić information content (AvgIpc) is 3.11. The van der Waals surface area contributed by atoms with Crippen LogP contribution in [-0.4, -0.2) is 21.9 Å². The zero-order chi connectivity index (χ0) is 20.3. The maximum Gasteiger partial charge on any atom is 0.435 e. The first-order valence-electron chi connectivity index (χ1n) is 8.38. The highest BCUT2D eigenvalue weighted by molar-refractivity contribution is 9.10. The van der Waals surface area contributed by atoms with Gasteiger partial charge in [0.1, 0.15) is 12.4 Å². The van der Waals surface area contributed by atoms with Gasteiger partial charge in [-0.1, -0.05) is 12.1 Å². The Labute approximate surface area is 168 Å². The molecular formula is C19H17BrF3N3O2. The van der Waals surface area contributed by atoms with Crippen molar-refractivity contribution in [3.63, 3.8) is 0 Å². The molecule has 0 atom stereocenters. The molecule has 0 unspecified atom stereocenters. The first-order valence-corrected chi connectivity index (χ1v) is 9.18. The van der Waals surface area contributed by atoms with E-state index >= 15 is 0 Å². The van der Waals surface area contributed by atoms with Gasteiger partial charge in [-0.15, -0.1) is 0 Å². The number of ether oxygens (including phenoxy) is 2. The van der Waals surface area contributed by atoms with E-state index < -0.39 is 11.9 Å². The van der Waals surface area contributed by atoms with Gasteiger partial charge in [-0.2, -0.15) is 18.3 Å². The van der Waals surface area contributed by atoms with E-state index in [-0.39, 0.29) is 23.6 Å². The molecule has 2 heterocycles. The lowest BCUT2D eigenvalue weighted by Crippen LogP contribution is -2.09. The summed E-state index contributed by atoms with van der Waals surface area (Å²) in [4.78, 5) is 4.14. The van der Waals surface area contributed by atoms with E-state index in [1.54, 1.807) is 32.2 Å². The largest absolute Gasteiger partial charge is 0.497 e. The van der Waals surface area contributed by atoms with Gasteiger partial charge >= 0.3 is 6.18 Å². The predicted molar refractivity (Wildman–Crippen MR) is 101 cm³/mol. The van der Waals surface area contributed by atoms with Crippen LogP contribution in [0.25, 0.3) is 11.1 Å². The van der Waals surface area contributed by atoms with Crippen molar-refractivity contribution in [2.75, 3.05) is 7.11 Å². The first kappa shape index (κ1) is 20.2. The summed E-state index contributed by atoms with van der Waals surface area (Å²) in [6.07, 6.45) is -1.78. The van der Waals surface area contributed by atoms with Crippen LogP contribution in [0.5, 0.6) is 11.6 Å². The van der Waals surface area contributed by atoms with E-state index in [9.17, 15) is 13.2 Å². The third kappa shape index (κ3) is 4.30. The van der Waals surface area contributed by atoms with Crippen molar-refractivity contribution in [1.29, 1.82) is 0 Å². The second kappa shape index (κ2) is 8.22. The fraction of sp³-hybridized carbons (Fsp3) is 0.263. The Morgan fingerprint density at radius 3 is 2.46 bits per heavy atom. The fourth-order valence-corrected chi connectivity index (χ4v) is 3.12. The Kier molecular flexibility index (Phi) is 5.93. The van der Waals surface area contributed by atoms with Crippen molar-refractivity contribution in [1.82, 2.24) is 14.8 Å². The summed E-state index contributed by atoms with van der Waals surface area (Å²) in [5.41, 5.74) is -0.0201. The highest BCUT2D eigenvalue weighted by Gasteiger charge is 2.38. The van der Waals surface area contributed by atoms with Crippen LogP contribution >= 0.6 is 15.9 Å². The summed E-state index contributed by atoms with van der Waals surface area (Å²) in [6.45, 7) is 2.17. The lowest BCUT2D eigenvalue weighted by Gasteiger charge is -2.13. The number of halogens is 4. The molecule has 1 aromatic carbocycles. The number of benzene rings is 1. The lowest BCUT2D eigenvalue weighted by atomic mass is 10.1. The van der Waals surface area contributed by atoms with Crippen LogP contribution in [-0.2, 0) is 19.3 Å². The van der Waals surface area contributed by atoms with Crippen molar-refractivity contribution in [3.05, 3.63) is 58.5 Å². The molecule has 3 rings (SSSR count). The minimum Gasteiger partial charge on any atom is -0.497 e. The van der Waals surface area contributed by atoms with Gasteiger partial charge in [0, 0.05) is 29.0 Å². The van der Waals surface area contributed by atoms with Crippen LogP contribution in [0.15, 0.2) is 47.2 Å². The van der Waals surface area contributed by atoms with Crippen LogP contribution in [0, 0.1) is 0 Å². The zero-order valence-corrected chi connectivity index (χ0v) is 16.7. The van der Waals surface area contributed by atoms with E-state index in [2.05, 4.69) is 26.0 Å². The van der Waals surface area contributed by atoms with Crippen molar-refractivity contribution in [3.8, 4) is 22.8 Å². The minimum absolute atomic E-state index is 0.0842. The number of hydrogen-bond donors (Lipinski definition) is 0. The molecule has 0 saturated heterocycles. The van der Waals surface area contributed by atoms with Crippen molar-refractivity contribution < 1.29 is 22.6 Å². The third-order valence-corrected chi connectivity index (χ3v) is 4.68. The standard InChI is InChI=1S/C19H17BrF3N3O2/c1-3-26-10-14(17(25-26)19(21,22)23)16-15(20)8-9-24-18(16)28-11-12-4-6-13(27-2)7-5-12/h4-10H,3,11H2,1-2H3. The zero-order valence-electron chi connectivity index (χ0n) is 15.1. The van der Waals surface area contributed by atoms with E-state index in [1.165, 1.54) is 17.1 Å². The van der Waals surface area contributed by atoms with Gasteiger partial charge in [-0.3, -0.25) is 4.68 Å². The molecule has 2 aromatic heterocycles. The van der Waals surface area contributed by atoms with Crippen LogP contribution in [0.3, 0.4) is 0 Å². The van der Waals surface area contributed by atoms with Gasteiger partial charge in [0.2, 0.25) is 5.88 Å². The molecule has 0 amide bonds. The van der Waals surface area contributed by atoms with Gasteiger partial charge in [0.25, 0.3) is 0 Å². The summed E-state index contributed by atoms with van der Waals surface area (Å²) in [6, 6.07) is 8.75. The fourth-order valence-electron chi connectivity index (χ4n) is 2.62. The van der Waals surface area contributed by atoms with Crippen molar-refractivity contribution >= 4 is 15.9 Å². The highest BCUT2D eigenvalue weighted by Crippen LogP contribution is 2.42. The van der Waals surface area contributed by atoms with Gasteiger partial charge in [-0.05, 0) is 46.6 Å². The van der Waals surface area contributed by atoms with Gasteiger partial charge < -0.3 is 9.47 Å². The van der Waals surface area contributed by atoms with Gasteiger partial charge in [0.15, 0.2) is 5.69 Å². The van der Waals surface area contributed by atoms with Crippen LogP contribution in [0.1, 0.15) is 18.2 Å². The second-order valence-corrected chi connectivity index (χ2v) is 6.71. The second-order valence-electron chi connectivity index (χ2n) is 5.85. The van der Waals surface area contributed by atoms with E-state index in [1.807, 2.05) is 12.1 Å². The Balaban J connectivity index is 1.98. The first-order chi connectivity index (χ1) is 13.3. The number of aromatic nitrogens is 3. The molecule has 5 nitrogen and oxygen atoms in total.